The van der Waals surface area contributed by atoms with Crippen LogP contribution in [0.4, 0.5) is 0 Å². The molecule has 0 radical (unpaired) electrons. The fraction of sp³-hybridized carbons (Fsp3) is 0.667. The maximum absolute atomic E-state index is 9.25. The van der Waals surface area contributed by atoms with Crippen LogP contribution >= 0.6 is 11.6 Å². The van der Waals surface area contributed by atoms with Gasteiger partial charge in [-0.05, 0) is 32.7 Å². The Labute approximate surface area is 130 Å². The molecule has 1 aromatic heterocycles. The molecule has 21 heavy (non-hydrogen) atoms. The summed E-state index contributed by atoms with van der Waals surface area (Å²) in [5.41, 5.74) is 2.05. The lowest BCUT2D eigenvalue weighted by Gasteiger charge is -2.26. The lowest BCUT2D eigenvalue weighted by atomic mass is 10.0. The van der Waals surface area contributed by atoms with E-state index in [9.17, 15) is 5.26 Å². The van der Waals surface area contributed by atoms with Crippen molar-refractivity contribution in [2.45, 2.75) is 38.6 Å². The average molecular weight is 306 g/mol. The monoisotopic (exact) mass is 305 g/mol. The summed E-state index contributed by atoms with van der Waals surface area (Å²) in [6.45, 7) is 3.66. The fourth-order valence-electron chi connectivity index (χ4n) is 3.12. The highest BCUT2D eigenvalue weighted by Crippen LogP contribution is 2.37. The van der Waals surface area contributed by atoms with Crippen molar-refractivity contribution in [2.24, 2.45) is 13.0 Å². The number of hydrogen-bond donors (Lipinski definition) is 0. The molecule has 1 saturated heterocycles. The highest BCUT2D eigenvalue weighted by atomic mass is 35.5. The van der Waals surface area contributed by atoms with Crippen molar-refractivity contribution in [1.82, 2.24) is 14.7 Å². The molecule has 0 N–H and O–H groups in total. The van der Waals surface area contributed by atoms with Crippen LogP contribution in [-0.4, -0.2) is 27.8 Å². The van der Waals surface area contributed by atoms with Gasteiger partial charge in [-0.3, -0.25) is 9.58 Å². The summed E-state index contributed by atoms with van der Waals surface area (Å²) in [7, 11) is 1.85. The van der Waals surface area contributed by atoms with E-state index in [0.717, 1.165) is 30.6 Å². The van der Waals surface area contributed by atoms with E-state index < -0.39 is 0 Å². The van der Waals surface area contributed by atoms with E-state index in [1.807, 2.05) is 14.0 Å². The molecule has 1 aliphatic heterocycles. The van der Waals surface area contributed by atoms with E-state index in [1.165, 1.54) is 0 Å². The minimum absolute atomic E-state index is 0.0963. The van der Waals surface area contributed by atoms with Crippen LogP contribution in [0.15, 0.2) is 0 Å². The van der Waals surface area contributed by atoms with Crippen molar-refractivity contribution >= 4 is 11.6 Å². The van der Waals surface area contributed by atoms with Gasteiger partial charge in [0.05, 0.1) is 23.8 Å². The number of hydrogen-bond acceptors (Lipinski definition) is 4. The molecule has 0 amide bonds. The van der Waals surface area contributed by atoms with Gasteiger partial charge < -0.3 is 0 Å². The number of halogens is 1. The molecule has 2 rings (SSSR count). The molecule has 0 unspecified atom stereocenters. The Balaban J connectivity index is 2.14. The Morgan fingerprint density at radius 2 is 2.24 bits per heavy atom. The molecule has 2 atom stereocenters. The summed E-state index contributed by atoms with van der Waals surface area (Å²) in [5, 5.41) is 23.0. The van der Waals surface area contributed by atoms with E-state index in [4.69, 9.17) is 16.9 Å². The Bertz CT molecular complexity index is 580. The molecule has 1 aliphatic rings. The molecule has 6 heteroatoms. The molecule has 0 bridgehead atoms. The summed E-state index contributed by atoms with van der Waals surface area (Å²) >= 11 is 6.38. The third-order valence-corrected chi connectivity index (χ3v) is 4.58. The predicted octanol–water partition coefficient (Wildman–Crippen LogP) is 2.96. The Morgan fingerprint density at radius 1 is 1.48 bits per heavy atom. The number of nitriles is 2. The fourth-order valence-corrected chi connectivity index (χ4v) is 3.42. The van der Waals surface area contributed by atoms with Gasteiger partial charge in [-0.1, -0.05) is 11.6 Å². The number of likely N-dealkylation sites (tertiary alicyclic amines) is 1. The summed E-state index contributed by atoms with van der Waals surface area (Å²) in [4.78, 5) is 2.32. The number of aromatic nitrogens is 2. The first-order valence-electron chi connectivity index (χ1n) is 7.28. The van der Waals surface area contributed by atoms with Crippen LogP contribution in [0.1, 0.15) is 43.0 Å². The van der Waals surface area contributed by atoms with Crippen LogP contribution < -0.4 is 0 Å². The third-order valence-electron chi connectivity index (χ3n) is 4.14. The Kier molecular flexibility index (Phi) is 5.22. The molecule has 1 aromatic rings. The van der Waals surface area contributed by atoms with Gasteiger partial charge >= 0.3 is 0 Å². The molecule has 1 fully saturated rings. The maximum atomic E-state index is 9.25. The first-order valence-corrected chi connectivity index (χ1v) is 7.65. The summed E-state index contributed by atoms with van der Waals surface area (Å²) < 4.78 is 1.71. The van der Waals surface area contributed by atoms with Gasteiger partial charge in [-0.2, -0.15) is 15.6 Å². The largest absolute Gasteiger partial charge is 0.295 e. The number of nitrogens with zero attached hydrogens (tertiary/aromatic N) is 5. The predicted molar refractivity (Wildman–Crippen MR) is 80.5 cm³/mol. The number of rotatable bonds is 5. The molecule has 0 aliphatic carbocycles. The van der Waals surface area contributed by atoms with E-state index in [-0.39, 0.29) is 12.0 Å². The molecule has 0 saturated carbocycles. The van der Waals surface area contributed by atoms with Crippen LogP contribution in [0.3, 0.4) is 0 Å². The molecule has 0 aromatic carbocycles. The topological polar surface area (TPSA) is 68.6 Å². The van der Waals surface area contributed by atoms with Crippen molar-refractivity contribution in [3.8, 4) is 12.1 Å². The second-order valence-corrected chi connectivity index (χ2v) is 5.95. The lowest BCUT2D eigenvalue weighted by molar-refractivity contribution is 0.230. The van der Waals surface area contributed by atoms with Crippen LogP contribution in [-0.2, 0) is 7.05 Å². The quantitative estimate of drug-likeness (QED) is 0.838. The van der Waals surface area contributed by atoms with E-state index in [2.05, 4.69) is 22.1 Å². The van der Waals surface area contributed by atoms with Gasteiger partial charge in [0.15, 0.2) is 0 Å². The minimum atomic E-state index is -0.0963. The average Bonchev–Trinajstić information content (AvgIpc) is 3.00. The minimum Gasteiger partial charge on any atom is -0.295 e. The van der Waals surface area contributed by atoms with Crippen molar-refractivity contribution in [3.05, 3.63) is 16.4 Å². The van der Waals surface area contributed by atoms with E-state index in [0.29, 0.717) is 24.5 Å². The van der Waals surface area contributed by atoms with Crippen LogP contribution in [0.25, 0.3) is 0 Å². The summed E-state index contributed by atoms with van der Waals surface area (Å²) in [6, 6.07) is 4.68. The van der Waals surface area contributed by atoms with E-state index >= 15 is 0 Å². The third kappa shape index (κ3) is 3.37. The van der Waals surface area contributed by atoms with Crippen LogP contribution in [0.5, 0.6) is 0 Å². The highest BCUT2D eigenvalue weighted by Gasteiger charge is 2.32. The van der Waals surface area contributed by atoms with Gasteiger partial charge in [-0.25, -0.2) is 0 Å². The van der Waals surface area contributed by atoms with Gasteiger partial charge in [0, 0.05) is 31.6 Å². The number of aryl methyl sites for hydroxylation is 2. The van der Waals surface area contributed by atoms with E-state index in [1.54, 1.807) is 4.68 Å². The standard InChI is InChI=1S/C15H20ClN5/c1-11-14(15(16)20(2)19-11)13-6-4-8-21(13)10-12(9-18)5-3-7-17/h12-13H,3-6,8,10H2,1-2H3/t12-,13-/m0/s1. The van der Waals surface area contributed by atoms with Crippen molar-refractivity contribution in [1.29, 1.82) is 10.5 Å². The second kappa shape index (κ2) is 6.93. The van der Waals surface area contributed by atoms with Crippen molar-refractivity contribution in [2.75, 3.05) is 13.1 Å². The zero-order chi connectivity index (χ0) is 15.4. The molecule has 0 spiro atoms. The molecule has 5 nitrogen and oxygen atoms in total. The van der Waals surface area contributed by atoms with Gasteiger partial charge in [0.1, 0.15) is 5.15 Å². The van der Waals surface area contributed by atoms with Crippen LogP contribution in [0, 0.1) is 35.5 Å². The van der Waals surface area contributed by atoms with Gasteiger partial charge in [0.2, 0.25) is 0 Å². The van der Waals surface area contributed by atoms with Crippen LogP contribution in [0.2, 0.25) is 5.15 Å². The smallest absolute Gasteiger partial charge is 0.131 e. The molecule has 112 valence electrons. The molecule has 2 heterocycles. The summed E-state index contributed by atoms with van der Waals surface area (Å²) in [6.07, 6.45) is 3.22. The normalized spacial score (nSPS) is 20.1. The zero-order valence-corrected chi connectivity index (χ0v) is 13.3. The zero-order valence-electron chi connectivity index (χ0n) is 12.5. The molecular formula is C15H20ClN5. The maximum Gasteiger partial charge on any atom is 0.131 e. The van der Waals surface area contributed by atoms with Crippen molar-refractivity contribution in [3.63, 3.8) is 0 Å². The lowest BCUT2D eigenvalue weighted by Crippen LogP contribution is -2.29. The Morgan fingerprint density at radius 3 is 2.81 bits per heavy atom. The van der Waals surface area contributed by atoms with Gasteiger partial charge in [-0.15, -0.1) is 0 Å². The Hall–Kier alpha value is -1.56. The second-order valence-electron chi connectivity index (χ2n) is 5.59. The highest BCUT2D eigenvalue weighted by molar-refractivity contribution is 6.30. The summed E-state index contributed by atoms with van der Waals surface area (Å²) in [5.74, 6) is -0.0963. The SMILES string of the molecule is Cc1nn(C)c(Cl)c1[C@@H]1CCCN1C[C@H](C#N)CCC#N. The van der Waals surface area contributed by atoms with Gasteiger partial charge in [0.25, 0.3) is 0 Å². The first kappa shape index (κ1) is 15.8. The van der Waals surface area contributed by atoms with Crippen molar-refractivity contribution < 1.29 is 0 Å². The molecular weight excluding hydrogens is 286 g/mol. The first-order chi connectivity index (χ1) is 10.1.